The Hall–Kier alpha value is -3.61. The van der Waals surface area contributed by atoms with Crippen molar-refractivity contribution < 1.29 is 9.53 Å². The number of aromatic nitrogens is 2. The molecular formula is C22H25N5O2. The quantitative estimate of drug-likeness (QED) is 0.470. The van der Waals surface area contributed by atoms with Crippen LogP contribution in [0.15, 0.2) is 72.7 Å². The summed E-state index contributed by atoms with van der Waals surface area (Å²) in [4.78, 5) is 11.4. The molecule has 29 heavy (non-hydrogen) atoms. The van der Waals surface area contributed by atoms with Gasteiger partial charge in [-0.1, -0.05) is 18.7 Å². The summed E-state index contributed by atoms with van der Waals surface area (Å²) in [7, 11) is 1.59. The molecule has 7 nitrogen and oxygen atoms in total. The van der Waals surface area contributed by atoms with Crippen LogP contribution in [0.5, 0.6) is 0 Å². The van der Waals surface area contributed by atoms with Crippen LogP contribution in [0, 0.1) is 0 Å². The van der Waals surface area contributed by atoms with E-state index in [-0.39, 0.29) is 5.54 Å². The fourth-order valence-electron chi connectivity index (χ4n) is 3.27. The third-order valence-electron chi connectivity index (χ3n) is 5.11. The van der Waals surface area contributed by atoms with Gasteiger partial charge in [0.1, 0.15) is 11.6 Å². The minimum Gasteiger partial charge on any atom is -0.497 e. The van der Waals surface area contributed by atoms with E-state index in [0.29, 0.717) is 22.8 Å². The number of nitrogens with two attached hydrogens (primary N) is 2. The molecule has 0 radical (unpaired) electrons. The predicted molar refractivity (Wildman–Crippen MR) is 114 cm³/mol. The molecule has 1 aromatic heterocycles. The number of hydrogen-bond donors (Lipinski definition) is 3. The molecule has 2 aromatic rings. The molecule has 1 saturated carbocycles. The van der Waals surface area contributed by atoms with Crippen LogP contribution in [0.25, 0.3) is 11.3 Å². The van der Waals surface area contributed by atoms with E-state index in [1.165, 1.54) is 6.20 Å². The molecule has 0 bridgehead atoms. The van der Waals surface area contributed by atoms with Crippen molar-refractivity contribution in [3.8, 4) is 11.3 Å². The third-order valence-corrected chi connectivity index (χ3v) is 5.11. The molecule has 0 aliphatic heterocycles. The van der Waals surface area contributed by atoms with Gasteiger partial charge in [0.15, 0.2) is 0 Å². The van der Waals surface area contributed by atoms with Crippen molar-refractivity contribution in [2.75, 3.05) is 12.4 Å². The third kappa shape index (κ3) is 4.45. The van der Waals surface area contributed by atoms with Gasteiger partial charge in [-0.05, 0) is 67.5 Å². The largest absolute Gasteiger partial charge is 0.497 e. The van der Waals surface area contributed by atoms with Crippen molar-refractivity contribution in [1.29, 1.82) is 0 Å². The van der Waals surface area contributed by atoms with Gasteiger partial charge in [-0.2, -0.15) is 0 Å². The van der Waals surface area contributed by atoms with Gasteiger partial charge in [-0.15, -0.1) is 10.2 Å². The van der Waals surface area contributed by atoms with Crippen LogP contribution in [-0.2, 0) is 4.74 Å². The number of carbonyl (C=O) groups excluding carboxylic acids is 1. The predicted octanol–water partition coefficient (Wildman–Crippen LogP) is 3.14. The van der Waals surface area contributed by atoms with Crippen molar-refractivity contribution in [2.24, 2.45) is 11.5 Å². The van der Waals surface area contributed by atoms with Crippen LogP contribution >= 0.6 is 0 Å². The first-order valence-electron chi connectivity index (χ1n) is 9.33. The summed E-state index contributed by atoms with van der Waals surface area (Å²) in [6.07, 6.45) is 7.98. The number of methoxy groups -OCH3 is 1. The molecule has 1 fully saturated rings. The first kappa shape index (κ1) is 20.1. The molecule has 1 aliphatic carbocycles. The summed E-state index contributed by atoms with van der Waals surface area (Å²) in [6, 6.07) is 10.7. The maximum Gasteiger partial charge on any atom is 0.248 e. The first-order valence-corrected chi connectivity index (χ1v) is 9.33. The zero-order valence-electron chi connectivity index (χ0n) is 16.4. The average molecular weight is 391 g/mol. The maximum absolute atomic E-state index is 11.4. The summed E-state index contributed by atoms with van der Waals surface area (Å²) in [5, 5.41) is 12.1. The Labute approximate surface area is 170 Å². The second-order valence-corrected chi connectivity index (χ2v) is 6.94. The van der Waals surface area contributed by atoms with Gasteiger partial charge in [0.25, 0.3) is 0 Å². The number of primary amides is 1. The zero-order chi connectivity index (χ0) is 20.9. The van der Waals surface area contributed by atoms with E-state index >= 15 is 0 Å². The monoisotopic (exact) mass is 391 g/mol. The van der Waals surface area contributed by atoms with Crippen LogP contribution in [0.3, 0.4) is 0 Å². The van der Waals surface area contributed by atoms with Crippen LogP contribution in [0.1, 0.15) is 29.6 Å². The van der Waals surface area contributed by atoms with E-state index in [4.69, 9.17) is 16.2 Å². The Kier molecular flexibility index (Phi) is 5.97. The molecule has 1 aromatic carbocycles. The average Bonchev–Trinajstić information content (AvgIpc) is 2.70. The smallest absolute Gasteiger partial charge is 0.248 e. The molecule has 1 amide bonds. The van der Waals surface area contributed by atoms with E-state index < -0.39 is 5.91 Å². The summed E-state index contributed by atoms with van der Waals surface area (Å²) >= 11 is 0. The Balaban J connectivity index is 1.78. The summed E-state index contributed by atoms with van der Waals surface area (Å²) in [5.41, 5.74) is 13.3. The van der Waals surface area contributed by atoms with Crippen molar-refractivity contribution >= 4 is 11.7 Å². The lowest BCUT2D eigenvalue weighted by molar-refractivity contribution is 0.100. The summed E-state index contributed by atoms with van der Waals surface area (Å²) < 4.78 is 5.31. The number of allylic oxidation sites excluding steroid dienone is 1. The Morgan fingerprint density at radius 1 is 1.28 bits per heavy atom. The van der Waals surface area contributed by atoms with E-state index in [2.05, 4.69) is 22.1 Å². The molecule has 5 N–H and O–H groups in total. The fourth-order valence-corrected chi connectivity index (χ4v) is 3.27. The van der Waals surface area contributed by atoms with Gasteiger partial charge in [-0.3, -0.25) is 4.79 Å². The molecule has 1 heterocycles. The van der Waals surface area contributed by atoms with E-state index in [1.54, 1.807) is 31.4 Å². The van der Waals surface area contributed by atoms with Crippen LogP contribution in [0.2, 0.25) is 0 Å². The molecule has 7 heteroatoms. The van der Waals surface area contributed by atoms with Crippen molar-refractivity contribution in [1.82, 2.24) is 10.2 Å². The van der Waals surface area contributed by atoms with Gasteiger partial charge in [0, 0.05) is 11.1 Å². The maximum atomic E-state index is 11.4. The van der Waals surface area contributed by atoms with Crippen LogP contribution in [0.4, 0.5) is 5.82 Å². The van der Waals surface area contributed by atoms with E-state index in [9.17, 15) is 4.79 Å². The zero-order valence-corrected chi connectivity index (χ0v) is 16.4. The highest BCUT2D eigenvalue weighted by Gasteiger charge is 2.39. The molecule has 0 unspecified atom stereocenters. The molecule has 1 aliphatic rings. The second kappa shape index (κ2) is 8.60. The molecule has 0 spiro atoms. The van der Waals surface area contributed by atoms with Crippen molar-refractivity contribution in [3.05, 3.63) is 78.2 Å². The Morgan fingerprint density at radius 2 is 2.07 bits per heavy atom. The molecule has 0 atom stereocenters. The lowest BCUT2D eigenvalue weighted by Crippen LogP contribution is -2.46. The molecule has 3 rings (SSSR count). The van der Waals surface area contributed by atoms with E-state index in [0.717, 1.165) is 30.4 Å². The van der Waals surface area contributed by atoms with Gasteiger partial charge >= 0.3 is 0 Å². The van der Waals surface area contributed by atoms with Crippen molar-refractivity contribution in [3.63, 3.8) is 0 Å². The highest BCUT2D eigenvalue weighted by atomic mass is 16.5. The number of ether oxygens (including phenoxy) is 1. The fraction of sp³-hybridized carbons (Fsp3) is 0.227. The normalized spacial score (nSPS) is 15.6. The lowest BCUT2D eigenvalue weighted by atomic mass is 9.71. The second-order valence-electron chi connectivity index (χ2n) is 6.94. The number of hydrogen-bond acceptors (Lipinski definition) is 6. The number of nitrogens with one attached hydrogen (secondary N) is 1. The summed E-state index contributed by atoms with van der Waals surface area (Å²) in [5.74, 6) is 0.820. The Bertz CT molecular complexity index is 959. The molecule has 150 valence electrons. The molecular weight excluding hydrogens is 366 g/mol. The van der Waals surface area contributed by atoms with Crippen LogP contribution < -0.4 is 16.8 Å². The minimum absolute atomic E-state index is 0.283. The topological polar surface area (TPSA) is 116 Å². The highest BCUT2D eigenvalue weighted by molar-refractivity contribution is 5.93. The first-order chi connectivity index (χ1) is 14.0. The minimum atomic E-state index is -0.475. The number of carbonyl (C=O) groups is 1. The van der Waals surface area contributed by atoms with E-state index in [1.807, 2.05) is 24.3 Å². The Morgan fingerprint density at radius 3 is 2.62 bits per heavy atom. The van der Waals surface area contributed by atoms with Gasteiger partial charge in [0.05, 0.1) is 18.3 Å². The van der Waals surface area contributed by atoms with Crippen LogP contribution in [-0.4, -0.2) is 28.8 Å². The number of rotatable bonds is 8. The van der Waals surface area contributed by atoms with Crippen molar-refractivity contribution in [2.45, 2.75) is 24.8 Å². The molecule has 0 saturated heterocycles. The number of benzene rings is 1. The number of anilines is 1. The van der Waals surface area contributed by atoms with Gasteiger partial charge in [-0.25, -0.2) is 0 Å². The van der Waals surface area contributed by atoms with Gasteiger partial charge in [0.2, 0.25) is 5.91 Å². The SMILES string of the molecule is C=C(/C=C(\C=C/N)OC)C1(Nc2ccc(-c3cccc(C(N)=O)c3)nn2)CCC1. The van der Waals surface area contributed by atoms with Gasteiger partial charge < -0.3 is 21.5 Å². The highest BCUT2D eigenvalue weighted by Crippen LogP contribution is 2.41. The lowest BCUT2D eigenvalue weighted by Gasteiger charge is -2.43. The standard InChI is InChI=1S/C22H25N5O2/c1-15(13-18(29-2)9-12-23)22(10-4-11-22)25-20-8-7-19(26-27-20)16-5-3-6-17(14-16)21(24)28/h3,5-9,12-14H,1,4,10-11,23H2,2H3,(H2,24,28)(H,25,27)/b12-9-,18-13+. The number of amides is 1. The number of nitrogens with zero attached hydrogens (tertiary/aromatic N) is 2. The summed E-state index contributed by atoms with van der Waals surface area (Å²) in [6.45, 7) is 4.22.